The van der Waals surface area contributed by atoms with Crippen molar-refractivity contribution >= 4 is 21.9 Å². The molecule has 36 heavy (non-hydrogen) atoms. The van der Waals surface area contributed by atoms with Crippen LogP contribution in [0.3, 0.4) is 0 Å². The number of rotatable bonds is 12. The molecule has 0 amide bonds. The van der Waals surface area contributed by atoms with Crippen molar-refractivity contribution in [1.29, 1.82) is 0 Å². The van der Waals surface area contributed by atoms with Crippen molar-refractivity contribution in [1.82, 2.24) is 4.31 Å². The van der Waals surface area contributed by atoms with Gasteiger partial charge in [0.05, 0.1) is 33.6 Å². The number of benzene rings is 2. The van der Waals surface area contributed by atoms with Crippen LogP contribution in [0.25, 0.3) is 0 Å². The van der Waals surface area contributed by atoms with Crippen molar-refractivity contribution in [3.63, 3.8) is 0 Å². The highest BCUT2D eigenvalue weighted by Gasteiger charge is 2.60. The monoisotopic (exact) mass is 518 g/mol. The number of fused-ring (bicyclic) bond motifs is 2. The average Bonchev–Trinajstić information content (AvgIpc) is 3.49. The smallest absolute Gasteiger partial charge is 0.327 e. The third-order valence-electron chi connectivity index (χ3n) is 7.01. The lowest BCUT2D eigenvalue weighted by Crippen LogP contribution is -2.55. The predicted molar refractivity (Wildman–Crippen MR) is 136 cm³/mol. The normalized spacial score (nSPS) is 21.2. The summed E-state index contributed by atoms with van der Waals surface area (Å²) in [6.45, 7) is 0.551. The molecule has 2 aromatic carbocycles. The first kappa shape index (κ1) is 26.1. The maximum atomic E-state index is 13.5. The molecule has 10 heteroatoms. The molecule has 2 aromatic rings. The maximum Gasteiger partial charge on any atom is 0.327 e. The largest absolute Gasteiger partial charge is 0.493 e. The summed E-state index contributed by atoms with van der Waals surface area (Å²) >= 11 is 0. The standard InChI is InChI=1S/C26H34N2O7S/c1-32-22-15-21(16-23(33-2)24(22)34-3)27-36(30,31)28-18-20-12-13-26(28,17-20)25(29)35-14-8-7-11-19-9-5-4-6-10-19/h4-6,9-10,15-16,20,27H,7-8,11-14,17-18H2,1-3H3. The summed E-state index contributed by atoms with van der Waals surface area (Å²) in [6, 6.07) is 13.2. The Labute approximate surface area is 212 Å². The van der Waals surface area contributed by atoms with E-state index in [1.165, 1.54) is 43.3 Å². The van der Waals surface area contributed by atoms with Crippen molar-refractivity contribution in [2.24, 2.45) is 5.92 Å². The Balaban J connectivity index is 1.43. The highest BCUT2D eigenvalue weighted by molar-refractivity contribution is 7.90. The zero-order valence-corrected chi connectivity index (χ0v) is 21.8. The van der Waals surface area contributed by atoms with E-state index in [1.807, 2.05) is 18.2 Å². The highest BCUT2D eigenvalue weighted by Crippen LogP contribution is 2.49. The zero-order chi connectivity index (χ0) is 25.8. The third-order valence-corrected chi connectivity index (χ3v) is 8.58. The number of nitrogens with one attached hydrogen (secondary N) is 1. The van der Waals surface area contributed by atoms with Crippen LogP contribution in [0.2, 0.25) is 0 Å². The lowest BCUT2D eigenvalue weighted by molar-refractivity contribution is -0.154. The van der Waals surface area contributed by atoms with E-state index in [4.69, 9.17) is 18.9 Å². The molecule has 2 atom stereocenters. The second-order valence-electron chi connectivity index (χ2n) is 9.27. The summed E-state index contributed by atoms with van der Waals surface area (Å²) in [5, 5.41) is 0. The molecule has 0 radical (unpaired) electrons. The number of nitrogens with zero attached hydrogens (tertiary/aromatic N) is 1. The van der Waals surface area contributed by atoms with Crippen molar-refractivity contribution < 1.29 is 32.2 Å². The minimum Gasteiger partial charge on any atom is -0.493 e. The predicted octanol–water partition coefficient (Wildman–Crippen LogP) is 3.79. The molecular formula is C26H34N2O7S. The van der Waals surface area contributed by atoms with Gasteiger partial charge in [-0.15, -0.1) is 0 Å². The molecule has 1 heterocycles. The number of carbonyl (C=O) groups excluding carboxylic acids is 1. The first-order chi connectivity index (χ1) is 17.3. The van der Waals surface area contributed by atoms with E-state index in [-0.39, 0.29) is 24.8 Å². The summed E-state index contributed by atoms with van der Waals surface area (Å²) in [4.78, 5) is 13.2. The fourth-order valence-electron chi connectivity index (χ4n) is 5.25. The highest BCUT2D eigenvalue weighted by atomic mass is 32.2. The summed E-state index contributed by atoms with van der Waals surface area (Å²) in [5.74, 6) is 0.671. The van der Waals surface area contributed by atoms with Crippen LogP contribution in [-0.4, -0.2) is 58.7 Å². The number of methoxy groups -OCH3 is 3. The second kappa shape index (κ2) is 11.0. The molecule has 2 bridgehead atoms. The minimum atomic E-state index is -4.06. The number of aryl methyl sites for hydroxylation is 1. The van der Waals surface area contributed by atoms with Crippen LogP contribution in [-0.2, 0) is 26.2 Å². The molecule has 9 nitrogen and oxygen atoms in total. The summed E-state index contributed by atoms with van der Waals surface area (Å²) in [5.41, 5.74) is 0.319. The van der Waals surface area contributed by atoms with Crippen molar-refractivity contribution in [2.75, 3.05) is 39.2 Å². The summed E-state index contributed by atoms with van der Waals surface area (Å²) in [6.07, 6.45) is 4.25. The number of ether oxygens (including phenoxy) is 4. The van der Waals surface area contributed by atoms with Gasteiger partial charge in [0, 0.05) is 18.7 Å². The SMILES string of the molecule is COc1cc(NS(=O)(=O)N2CC3CCC2(C(=O)OCCCCc2ccccc2)C3)cc(OC)c1OC. The molecule has 1 saturated carbocycles. The Morgan fingerprint density at radius 2 is 1.75 bits per heavy atom. The average molecular weight is 519 g/mol. The van der Waals surface area contributed by atoms with Crippen LogP contribution in [0.15, 0.2) is 42.5 Å². The number of carbonyl (C=O) groups is 1. The van der Waals surface area contributed by atoms with Crippen molar-refractivity contribution in [3.05, 3.63) is 48.0 Å². The van der Waals surface area contributed by atoms with E-state index >= 15 is 0 Å². The van der Waals surface area contributed by atoms with Gasteiger partial charge in [-0.1, -0.05) is 30.3 Å². The summed E-state index contributed by atoms with van der Waals surface area (Å²) < 4.78 is 52.5. The van der Waals surface area contributed by atoms with E-state index in [9.17, 15) is 13.2 Å². The summed E-state index contributed by atoms with van der Waals surface area (Å²) in [7, 11) is 0.333. The van der Waals surface area contributed by atoms with Gasteiger partial charge in [0.2, 0.25) is 5.75 Å². The molecule has 2 aliphatic rings. The quantitative estimate of drug-likeness (QED) is 0.337. The Hall–Kier alpha value is -2.98. The number of hydrogen-bond donors (Lipinski definition) is 1. The van der Waals surface area contributed by atoms with Crippen LogP contribution in [0.4, 0.5) is 5.69 Å². The molecule has 0 aromatic heterocycles. The molecule has 1 saturated heterocycles. The number of anilines is 1. The Morgan fingerprint density at radius 1 is 1.06 bits per heavy atom. The van der Waals surface area contributed by atoms with Crippen molar-refractivity contribution in [3.8, 4) is 17.2 Å². The van der Waals surface area contributed by atoms with Gasteiger partial charge in [0.1, 0.15) is 5.54 Å². The fraction of sp³-hybridized carbons (Fsp3) is 0.500. The lowest BCUT2D eigenvalue weighted by Gasteiger charge is -2.35. The van der Waals surface area contributed by atoms with Crippen molar-refractivity contribution in [2.45, 2.75) is 44.1 Å². The molecule has 1 aliphatic heterocycles. The third kappa shape index (κ3) is 5.24. The Bertz CT molecular complexity index is 1150. The number of unbranched alkanes of at least 4 members (excludes halogenated alkanes) is 1. The maximum absolute atomic E-state index is 13.5. The van der Waals surface area contributed by atoms with Gasteiger partial charge < -0.3 is 18.9 Å². The first-order valence-corrected chi connectivity index (χ1v) is 13.6. The molecule has 196 valence electrons. The molecule has 1 N–H and O–H groups in total. The van der Waals surface area contributed by atoms with Gasteiger partial charge in [-0.25, -0.2) is 0 Å². The second-order valence-corrected chi connectivity index (χ2v) is 10.9. The molecular weight excluding hydrogens is 484 g/mol. The molecule has 1 aliphatic carbocycles. The van der Waals surface area contributed by atoms with E-state index in [0.29, 0.717) is 30.1 Å². The molecule has 2 unspecified atom stereocenters. The number of esters is 1. The van der Waals surface area contributed by atoms with Crippen LogP contribution in [0.5, 0.6) is 17.2 Å². The number of piperidine rings is 1. The van der Waals surface area contributed by atoms with Gasteiger partial charge in [-0.2, -0.15) is 12.7 Å². The number of hydrogen-bond acceptors (Lipinski definition) is 7. The van der Waals surface area contributed by atoms with Crippen LogP contribution in [0, 0.1) is 5.92 Å². The van der Waals surface area contributed by atoms with E-state index < -0.39 is 21.7 Å². The fourth-order valence-corrected chi connectivity index (χ4v) is 6.88. The Morgan fingerprint density at radius 3 is 2.36 bits per heavy atom. The van der Waals surface area contributed by atoms with Gasteiger partial charge >= 0.3 is 16.2 Å². The van der Waals surface area contributed by atoms with Crippen LogP contribution in [0.1, 0.15) is 37.7 Å². The Kier molecular flexibility index (Phi) is 7.94. The lowest BCUT2D eigenvalue weighted by atomic mass is 9.99. The van der Waals surface area contributed by atoms with Crippen LogP contribution < -0.4 is 18.9 Å². The van der Waals surface area contributed by atoms with Gasteiger partial charge in [-0.3, -0.25) is 9.52 Å². The van der Waals surface area contributed by atoms with Gasteiger partial charge in [0.25, 0.3) is 0 Å². The van der Waals surface area contributed by atoms with Gasteiger partial charge in [0.15, 0.2) is 11.5 Å². The first-order valence-electron chi connectivity index (χ1n) is 12.1. The van der Waals surface area contributed by atoms with Gasteiger partial charge in [-0.05, 0) is 50.0 Å². The van der Waals surface area contributed by atoms with E-state index in [1.54, 1.807) is 0 Å². The van der Waals surface area contributed by atoms with E-state index in [2.05, 4.69) is 16.9 Å². The zero-order valence-electron chi connectivity index (χ0n) is 21.0. The molecule has 0 spiro atoms. The topological polar surface area (TPSA) is 103 Å². The molecule has 2 fully saturated rings. The minimum absolute atomic E-state index is 0.132. The van der Waals surface area contributed by atoms with Crippen LogP contribution >= 0.6 is 0 Å². The molecule has 4 rings (SSSR count). The van der Waals surface area contributed by atoms with E-state index in [0.717, 1.165) is 25.7 Å².